The van der Waals surface area contributed by atoms with Crippen LogP contribution in [0.1, 0.15) is 27.2 Å². The van der Waals surface area contributed by atoms with Crippen LogP contribution in [0.2, 0.25) is 0 Å². The third kappa shape index (κ3) is 3.83. The molecule has 134 valence electrons. The Kier molecular flexibility index (Phi) is 5.18. The number of carbonyl (C=O) groups is 2. The van der Waals surface area contributed by atoms with Crippen LogP contribution in [0.3, 0.4) is 0 Å². The molecule has 2 heterocycles. The fourth-order valence-corrected chi connectivity index (χ4v) is 3.31. The lowest BCUT2D eigenvalue weighted by Gasteiger charge is -2.11. The molecule has 0 spiro atoms. The van der Waals surface area contributed by atoms with Crippen LogP contribution >= 0.6 is 11.3 Å². The lowest BCUT2D eigenvalue weighted by atomic mass is 10.0. The quantitative estimate of drug-likeness (QED) is 0.687. The molecule has 0 saturated heterocycles. The lowest BCUT2D eigenvalue weighted by Crippen LogP contribution is -2.16. The van der Waals surface area contributed by atoms with Crippen LogP contribution < -0.4 is 5.32 Å². The van der Waals surface area contributed by atoms with Crippen molar-refractivity contribution in [3.8, 4) is 10.8 Å². The Balaban J connectivity index is 1.72. The van der Waals surface area contributed by atoms with Gasteiger partial charge in [-0.3, -0.25) is 4.79 Å². The van der Waals surface area contributed by atoms with Gasteiger partial charge in [0.25, 0.3) is 0 Å². The van der Waals surface area contributed by atoms with Crippen LogP contribution in [0.5, 0.6) is 0 Å². The van der Waals surface area contributed by atoms with Gasteiger partial charge in [0, 0.05) is 11.1 Å². The zero-order chi connectivity index (χ0) is 18.7. The van der Waals surface area contributed by atoms with Crippen molar-refractivity contribution >= 4 is 28.9 Å². The first kappa shape index (κ1) is 17.9. The highest BCUT2D eigenvalue weighted by atomic mass is 32.1. The van der Waals surface area contributed by atoms with Crippen molar-refractivity contribution < 1.29 is 18.7 Å². The van der Waals surface area contributed by atoms with Gasteiger partial charge in [-0.15, -0.1) is 11.3 Å². The summed E-state index contributed by atoms with van der Waals surface area (Å²) in [6.45, 7) is 3.73. The van der Waals surface area contributed by atoms with Gasteiger partial charge in [-0.1, -0.05) is 0 Å². The highest BCUT2D eigenvalue weighted by Gasteiger charge is 2.15. The molecule has 1 N–H and O–H groups in total. The molecule has 0 unspecified atom stereocenters. The Labute approximate surface area is 154 Å². The molecule has 26 heavy (non-hydrogen) atoms. The minimum atomic E-state index is -0.427. The van der Waals surface area contributed by atoms with Gasteiger partial charge in [-0.2, -0.15) is 0 Å². The highest BCUT2D eigenvalue weighted by Crippen LogP contribution is 2.25. The summed E-state index contributed by atoms with van der Waals surface area (Å²) in [6.07, 6.45) is 1.72. The molecule has 0 atom stereocenters. The molecule has 0 fully saturated rings. The smallest absolute Gasteiger partial charge is 0.338 e. The van der Waals surface area contributed by atoms with Crippen molar-refractivity contribution in [2.75, 3.05) is 12.4 Å². The first-order chi connectivity index (χ1) is 12.5. The Morgan fingerprint density at radius 1 is 1.31 bits per heavy atom. The van der Waals surface area contributed by atoms with E-state index in [1.165, 1.54) is 18.4 Å². The second kappa shape index (κ2) is 7.53. The average molecular weight is 370 g/mol. The maximum Gasteiger partial charge on any atom is 0.338 e. The summed E-state index contributed by atoms with van der Waals surface area (Å²) in [5.74, 6) is 0.0446. The highest BCUT2D eigenvalue weighted by molar-refractivity contribution is 7.13. The first-order valence-electron chi connectivity index (χ1n) is 7.95. The molecule has 0 aliphatic carbocycles. The van der Waals surface area contributed by atoms with E-state index >= 15 is 0 Å². The summed E-state index contributed by atoms with van der Waals surface area (Å²) < 4.78 is 10.1. The van der Waals surface area contributed by atoms with Gasteiger partial charge in [0.05, 0.1) is 31.1 Å². The third-order valence-electron chi connectivity index (χ3n) is 3.98. The van der Waals surface area contributed by atoms with Crippen molar-refractivity contribution in [2.24, 2.45) is 0 Å². The molecule has 0 radical (unpaired) electrons. The maximum absolute atomic E-state index is 12.3. The molecular weight excluding hydrogens is 352 g/mol. The Morgan fingerprint density at radius 3 is 2.81 bits per heavy atom. The van der Waals surface area contributed by atoms with Crippen molar-refractivity contribution in [3.05, 3.63) is 58.3 Å². The van der Waals surface area contributed by atoms with Crippen molar-refractivity contribution in [2.45, 2.75) is 20.3 Å². The summed E-state index contributed by atoms with van der Waals surface area (Å²) in [6, 6.07) is 7.07. The van der Waals surface area contributed by atoms with Gasteiger partial charge >= 0.3 is 5.97 Å². The van der Waals surface area contributed by atoms with Gasteiger partial charge in [-0.25, -0.2) is 9.78 Å². The van der Waals surface area contributed by atoms with Gasteiger partial charge in [-0.05, 0) is 49.2 Å². The molecule has 1 aromatic carbocycles. The van der Waals surface area contributed by atoms with Gasteiger partial charge in [0.1, 0.15) is 0 Å². The van der Waals surface area contributed by atoms with E-state index in [1.807, 2.05) is 31.4 Å². The molecule has 0 bridgehead atoms. The van der Waals surface area contributed by atoms with Crippen LogP contribution in [0.4, 0.5) is 5.69 Å². The number of esters is 1. The topological polar surface area (TPSA) is 81.4 Å². The number of nitrogens with one attached hydrogen (secondary N) is 1. The summed E-state index contributed by atoms with van der Waals surface area (Å²) in [7, 11) is 1.33. The van der Waals surface area contributed by atoms with E-state index in [2.05, 4.69) is 10.3 Å². The monoisotopic (exact) mass is 370 g/mol. The van der Waals surface area contributed by atoms with E-state index in [0.717, 1.165) is 16.1 Å². The summed E-state index contributed by atoms with van der Waals surface area (Å²) in [5, 5.41) is 5.38. The van der Waals surface area contributed by atoms with E-state index in [1.54, 1.807) is 18.4 Å². The molecule has 7 heteroatoms. The maximum atomic E-state index is 12.3. The van der Waals surface area contributed by atoms with E-state index in [9.17, 15) is 9.59 Å². The number of aromatic nitrogens is 1. The Bertz CT molecular complexity index is 945. The molecule has 0 saturated carbocycles. The van der Waals surface area contributed by atoms with E-state index in [0.29, 0.717) is 22.7 Å². The molecule has 0 aliphatic rings. The van der Waals surface area contributed by atoms with E-state index in [-0.39, 0.29) is 12.3 Å². The Hall–Kier alpha value is -2.93. The molecular formula is C19H18N2O4S. The van der Waals surface area contributed by atoms with E-state index < -0.39 is 5.97 Å². The first-order valence-corrected chi connectivity index (χ1v) is 8.83. The molecule has 3 aromatic rings. The molecule has 0 aliphatic heterocycles. The summed E-state index contributed by atoms with van der Waals surface area (Å²) >= 11 is 1.42. The van der Waals surface area contributed by atoms with Gasteiger partial charge in [0.15, 0.2) is 10.8 Å². The standard InChI is InChI=1S/C19H18N2O4S/c1-11-7-13(8-15(12(11)2)19(23)24-3)20-17(22)9-14-10-26-18(21-14)16-5-4-6-25-16/h4-8,10H,9H2,1-3H3,(H,20,22). The number of thiazole rings is 1. The van der Waals surface area contributed by atoms with Crippen LogP contribution in [0, 0.1) is 13.8 Å². The number of benzene rings is 1. The Morgan fingerprint density at radius 2 is 2.12 bits per heavy atom. The third-order valence-corrected chi connectivity index (χ3v) is 4.89. The number of carbonyl (C=O) groups excluding carboxylic acids is 2. The zero-order valence-corrected chi connectivity index (χ0v) is 15.5. The van der Waals surface area contributed by atoms with Gasteiger partial charge in [0.2, 0.25) is 5.91 Å². The average Bonchev–Trinajstić information content (AvgIpc) is 3.28. The zero-order valence-electron chi connectivity index (χ0n) is 14.7. The number of hydrogen-bond acceptors (Lipinski definition) is 6. The fourth-order valence-electron chi connectivity index (χ4n) is 2.52. The number of nitrogens with zero attached hydrogens (tertiary/aromatic N) is 1. The van der Waals surface area contributed by atoms with Gasteiger partial charge < -0.3 is 14.5 Å². The van der Waals surface area contributed by atoms with Crippen LogP contribution in [-0.2, 0) is 16.0 Å². The molecule has 3 rings (SSSR count). The van der Waals surface area contributed by atoms with Crippen molar-refractivity contribution in [1.82, 2.24) is 4.98 Å². The lowest BCUT2D eigenvalue weighted by molar-refractivity contribution is -0.115. The van der Waals surface area contributed by atoms with E-state index in [4.69, 9.17) is 9.15 Å². The number of hydrogen-bond donors (Lipinski definition) is 1. The SMILES string of the molecule is COC(=O)c1cc(NC(=O)Cc2csc(-c3ccco3)n2)cc(C)c1C. The minimum Gasteiger partial charge on any atom is -0.465 e. The predicted octanol–water partition coefficient (Wildman–Crippen LogP) is 3.99. The predicted molar refractivity (Wildman–Crippen MR) is 99.4 cm³/mol. The minimum absolute atomic E-state index is 0.137. The number of ether oxygens (including phenoxy) is 1. The number of furan rings is 1. The molecule has 2 aromatic heterocycles. The second-order valence-corrected chi connectivity index (χ2v) is 6.66. The number of amides is 1. The summed E-state index contributed by atoms with van der Waals surface area (Å²) in [5.41, 5.74) is 3.39. The largest absolute Gasteiger partial charge is 0.465 e. The number of aryl methyl sites for hydroxylation is 1. The number of rotatable bonds is 5. The normalized spacial score (nSPS) is 10.6. The van der Waals surface area contributed by atoms with Crippen molar-refractivity contribution in [3.63, 3.8) is 0 Å². The number of methoxy groups -OCH3 is 1. The second-order valence-electron chi connectivity index (χ2n) is 5.80. The summed E-state index contributed by atoms with van der Waals surface area (Å²) in [4.78, 5) is 28.6. The fraction of sp³-hybridized carbons (Fsp3) is 0.211. The van der Waals surface area contributed by atoms with Crippen LogP contribution in [0.15, 0.2) is 40.3 Å². The molecule has 6 nitrogen and oxygen atoms in total. The van der Waals surface area contributed by atoms with Crippen LogP contribution in [-0.4, -0.2) is 24.0 Å². The molecule has 1 amide bonds. The number of anilines is 1. The van der Waals surface area contributed by atoms with Crippen molar-refractivity contribution in [1.29, 1.82) is 0 Å². The van der Waals surface area contributed by atoms with Crippen LogP contribution in [0.25, 0.3) is 10.8 Å².